The van der Waals surface area contributed by atoms with Crippen LogP contribution in [-0.4, -0.2) is 171 Å². The van der Waals surface area contributed by atoms with E-state index in [0.717, 1.165) is 11.1 Å². The van der Waals surface area contributed by atoms with Crippen molar-refractivity contribution in [3.8, 4) is 0 Å². The number of anilines is 2. The second-order valence-electron chi connectivity index (χ2n) is 24.5. The van der Waals surface area contributed by atoms with E-state index in [1.807, 2.05) is 89.9 Å². The van der Waals surface area contributed by atoms with Gasteiger partial charge >= 0.3 is 18.1 Å². The summed E-state index contributed by atoms with van der Waals surface area (Å²) in [5, 5.41) is 16.7. The Hall–Kier alpha value is -7.93. The molecule has 1 aliphatic rings. The number of hydrogen-bond donors (Lipinski definition) is 8. The largest absolute Gasteiger partial charge is 0.467 e. The van der Waals surface area contributed by atoms with E-state index in [9.17, 15) is 43.2 Å². The van der Waals surface area contributed by atoms with Crippen LogP contribution in [0.2, 0.25) is 0 Å². The predicted molar refractivity (Wildman–Crippen MR) is 349 cm³/mol. The van der Waals surface area contributed by atoms with Crippen molar-refractivity contribution in [1.29, 1.82) is 0 Å². The average Bonchev–Trinajstić information content (AvgIpc) is 2.31. The number of methoxy groups -OCH3 is 3. The zero-order chi connectivity index (χ0) is 67.6. The maximum atomic E-state index is 14.9. The molecule has 3 aromatic carbocycles. The van der Waals surface area contributed by atoms with Gasteiger partial charge in [-0.25, -0.2) is 14.4 Å². The lowest BCUT2D eigenvalue weighted by Crippen LogP contribution is -2.60. The van der Waals surface area contributed by atoms with Crippen LogP contribution < -0.4 is 43.4 Å². The Bertz CT molecular complexity index is 2890. The van der Waals surface area contributed by atoms with Crippen LogP contribution in [0, 0.1) is 23.7 Å². The van der Waals surface area contributed by atoms with E-state index in [-0.39, 0.29) is 61.3 Å². The number of likely N-dealkylation sites (tertiary alicyclic amines) is 1. The molecule has 9 amide bonds. The molecule has 3 aromatic rings. The SMILES string of the molecule is C=C(C)[C@H](N)C(=O)N[C@@H](CCCCNC(N)=O)C(=O)Nc1ccc(COC(=O)Nc2cccc(CN(C)[C@H](C(=O)N[C@H](C(=O)N(C)[C@@H]([C@@H](C)CC)[C@@H](CC(=O)N3CCC[C@H]3[C@H](OC)[C@@H](C)C(=O)N[C@@H](Cc3ccccc3)C(=O)OC)OC)C(C)C)C(C)C)c2)cc1. The van der Waals surface area contributed by atoms with Gasteiger partial charge in [-0.05, 0) is 105 Å². The molecule has 91 heavy (non-hydrogen) atoms. The number of nitrogens with zero attached hydrogens (tertiary/aromatic N) is 3. The van der Waals surface area contributed by atoms with Crippen LogP contribution in [-0.2, 0) is 72.1 Å². The highest BCUT2D eigenvalue weighted by molar-refractivity contribution is 5.98. The highest BCUT2D eigenvalue weighted by Crippen LogP contribution is 2.30. The summed E-state index contributed by atoms with van der Waals surface area (Å²) in [6.07, 6.45) is 1.15. The number of hydrogen-bond acceptors (Lipinski definition) is 15. The molecule has 0 bridgehead atoms. The molecule has 0 radical (unpaired) electrons. The Morgan fingerprint density at radius 3 is 1.99 bits per heavy atom. The van der Waals surface area contributed by atoms with Crippen molar-refractivity contribution in [1.82, 2.24) is 36.0 Å². The molecule has 11 atom stereocenters. The lowest BCUT2D eigenvalue weighted by molar-refractivity contribution is -0.149. The maximum absolute atomic E-state index is 14.9. The van der Waals surface area contributed by atoms with Crippen LogP contribution in [0.4, 0.5) is 21.0 Å². The molecule has 24 heteroatoms. The summed E-state index contributed by atoms with van der Waals surface area (Å²) in [7, 11) is 7.81. The molecule has 10 N–H and O–H groups in total. The number of ether oxygens (including phenoxy) is 4. The molecule has 1 heterocycles. The zero-order valence-electron chi connectivity index (χ0n) is 55.5. The van der Waals surface area contributed by atoms with Crippen molar-refractivity contribution in [2.45, 2.75) is 174 Å². The number of benzene rings is 3. The second-order valence-corrected chi connectivity index (χ2v) is 24.5. The van der Waals surface area contributed by atoms with Gasteiger partial charge in [-0.1, -0.05) is 122 Å². The molecule has 0 aliphatic carbocycles. The Kier molecular flexibility index (Phi) is 31.1. The van der Waals surface area contributed by atoms with Crippen molar-refractivity contribution in [3.63, 3.8) is 0 Å². The smallest absolute Gasteiger partial charge is 0.411 e. The van der Waals surface area contributed by atoms with Crippen molar-refractivity contribution in [3.05, 3.63) is 108 Å². The fraction of sp³-hybridized carbons (Fsp3) is 0.567. The molecule has 1 saturated heterocycles. The normalized spacial score (nSPS) is 16.4. The highest BCUT2D eigenvalue weighted by Gasteiger charge is 2.44. The number of likely N-dealkylation sites (N-methyl/N-ethyl adjacent to an activating group) is 2. The molecular formula is C67H101N11O13. The Morgan fingerprint density at radius 2 is 1.40 bits per heavy atom. The minimum Gasteiger partial charge on any atom is -0.467 e. The topological polar surface area (TPSA) is 324 Å². The fourth-order valence-electron chi connectivity index (χ4n) is 11.6. The summed E-state index contributed by atoms with van der Waals surface area (Å²) in [6, 6.07) is 16.9. The summed E-state index contributed by atoms with van der Waals surface area (Å²) < 4.78 is 22.7. The summed E-state index contributed by atoms with van der Waals surface area (Å²) in [4.78, 5) is 126. The van der Waals surface area contributed by atoms with Gasteiger partial charge in [-0.2, -0.15) is 0 Å². The van der Waals surface area contributed by atoms with Gasteiger partial charge in [-0.15, -0.1) is 0 Å². The van der Waals surface area contributed by atoms with Gasteiger partial charge in [-0.3, -0.25) is 39.0 Å². The quantitative estimate of drug-likeness (QED) is 0.0188. The Labute approximate surface area is 537 Å². The number of carbonyl (C=O) groups excluding carboxylic acids is 9. The predicted octanol–water partition coefficient (Wildman–Crippen LogP) is 6.02. The van der Waals surface area contributed by atoms with E-state index in [4.69, 9.17) is 30.4 Å². The van der Waals surface area contributed by atoms with Gasteiger partial charge in [0.05, 0.1) is 49.8 Å². The number of nitrogens with one attached hydrogen (secondary N) is 6. The van der Waals surface area contributed by atoms with E-state index in [0.29, 0.717) is 74.2 Å². The first-order chi connectivity index (χ1) is 43.1. The number of amides is 9. The van der Waals surface area contributed by atoms with Crippen molar-refractivity contribution < 1.29 is 62.1 Å². The molecule has 1 fully saturated rings. The minimum absolute atomic E-state index is 0.0721. The summed E-state index contributed by atoms with van der Waals surface area (Å²) >= 11 is 0. The Morgan fingerprint density at radius 1 is 0.736 bits per heavy atom. The molecule has 0 spiro atoms. The first-order valence-electron chi connectivity index (χ1n) is 31.4. The minimum atomic E-state index is -1.01. The van der Waals surface area contributed by atoms with Crippen LogP contribution >= 0.6 is 0 Å². The van der Waals surface area contributed by atoms with Gasteiger partial charge in [0.1, 0.15) is 30.8 Å². The molecule has 24 nitrogen and oxygen atoms in total. The number of esters is 1. The summed E-state index contributed by atoms with van der Waals surface area (Å²) in [6.45, 7) is 19.6. The van der Waals surface area contributed by atoms with Gasteiger partial charge in [0.15, 0.2) is 0 Å². The summed E-state index contributed by atoms with van der Waals surface area (Å²) in [5.41, 5.74) is 14.7. The van der Waals surface area contributed by atoms with Crippen molar-refractivity contribution in [2.24, 2.45) is 35.1 Å². The molecule has 0 unspecified atom stereocenters. The van der Waals surface area contributed by atoms with Gasteiger partial charge < -0.3 is 66.8 Å². The Balaban J connectivity index is 1.38. The van der Waals surface area contributed by atoms with Crippen LogP contribution in [0.1, 0.15) is 117 Å². The third-order valence-corrected chi connectivity index (χ3v) is 16.8. The highest BCUT2D eigenvalue weighted by atomic mass is 16.5. The van der Waals surface area contributed by atoms with Crippen LogP contribution in [0.25, 0.3) is 0 Å². The number of unbranched alkanes of at least 4 members (excludes halogenated alkanes) is 1. The molecule has 0 aromatic heterocycles. The van der Waals surface area contributed by atoms with E-state index in [2.05, 4.69) is 38.5 Å². The zero-order valence-corrected chi connectivity index (χ0v) is 55.5. The lowest BCUT2D eigenvalue weighted by Gasteiger charge is -2.41. The van der Waals surface area contributed by atoms with Crippen LogP contribution in [0.15, 0.2) is 91.0 Å². The number of urea groups is 1. The van der Waals surface area contributed by atoms with Crippen molar-refractivity contribution >= 4 is 64.9 Å². The fourth-order valence-corrected chi connectivity index (χ4v) is 11.6. The maximum Gasteiger partial charge on any atom is 0.411 e. The molecule has 0 saturated carbocycles. The van der Waals surface area contributed by atoms with Gasteiger partial charge in [0, 0.05) is 58.7 Å². The number of carbonyl (C=O) groups is 9. The third-order valence-electron chi connectivity index (χ3n) is 16.8. The summed E-state index contributed by atoms with van der Waals surface area (Å²) in [5.74, 6) is -4.37. The third kappa shape index (κ3) is 23.1. The van der Waals surface area contributed by atoms with E-state index < -0.39 is 96.2 Å². The number of rotatable bonds is 36. The first kappa shape index (κ1) is 75.5. The van der Waals surface area contributed by atoms with E-state index >= 15 is 0 Å². The average molecular weight is 1270 g/mol. The van der Waals surface area contributed by atoms with Gasteiger partial charge in [0.25, 0.3) is 0 Å². The first-order valence-corrected chi connectivity index (χ1v) is 31.4. The molecule has 1 aliphatic heterocycles. The molecule has 4 rings (SSSR count). The molecule has 502 valence electrons. The van der Waals surface area contributed by atoms with Crippen molar-refractivity contribution in [2.75, 3.05) is 59.1 Å². The van der Waals surface area contributed by atoms with Crippen LogP contribution in [0.3, 0.4) is 0 Å². The number of nitrogens with two attached hydrogens (primary N) is 2. The van der Waals surface area contributed by atoms with E-state index in [1.54, 1.807) is 73.2 Å². The van der Waals surface area contributed by atoms with Gasteiger partial charge in [0.2, 0.25) is 35.4 Å². The number of primary amides is 1. The van der Waals surface area contributed by atoms with E-state index in [1.165, 1.54) is 21.3 Å². The lowest BCUT2D eigenvalue weighted by atomic mass is 9.89. The second kappa shape index (κ2) is 37.4. The molecular weight excluding hydrogens is 1170 g/mol. The standard InChI is InChI=1S/C67H101N11O13/c1-15-43(8)58(53(88-12)37-54(79)78-34-22-28-52(78)59(89-13)44(9)60(80)74-51(65(85)90-14)36-45-23-17-16-18-24-45)77(11)64(84)56(41(4)5)75-63(83)57(42(6)7)76(10)38-47-25-21-26-49(35-47)72-67(87)91-39-46-29-31-48(32-30-46)71-61(81)50(27-19-20-33-70-66(69)86)73-62(82)55(68)40(2)3/h16-18,21,23-26,29-32,35,41-44,50-53,55-59H,2,15,19-20,22,27-28,33-34,36-39,68H2,1,3-14H3,(H,71,81)(H,72,87)(H,73,82)(H,74,80)(H,75,83)(H3,69,70,86)/t43-,44+,50-,51-,52-,53+,55-,56-,57-,58-,59+/m0/s1. The monoisotopic (exact) mass is 1270 g/mol. The van der Waals surface area contributed by atoms with Crippen LogP contribution in [0.5, 0.6) is 0 Å².